The predicted molar refractivity (Wildman–Crippen MR) is 169 cm³/mol. The third-order valence-corrected chi connectivity index (χ3v) is 7.01. The second-order valence-electron chi connectivity index (χ2n) is 10.0. The van der Waals surface area contributed by atoms with Crippen molar-refractivity contribution in [2.45, 2.75) is 24.7 Å². The monoisotopic (exact) mass is 587 g/mol. The van der Waals surface area contributed by atoms with Gasteiger partial charge in [0.25, 0.3) is 0 Å². The van der Waals surface area contributed by atoms with E-state index < -0.39 is 30.1 Å². The number of aliphatic hydroxyl groups excluding tert-OH is 1. The number of anilines is 2. The normalized spacial score (nSPS) is 12.8. The van der Waals surface area contributed by atoms with Crippen LogP contribution in [-0.4, -0.2) is 33.6 Å². The standard InChI is InChI=1S/C35H33N5O4/c41-31(23-38-35(43)44-24-25-13-3-1-4-14-25)39-28-18-8-7-17-27(28)33(40-30-20-10-12-22-37-30)32(29-19-9-11-21-36-29)34(42)26-15-5-2-6-16-26/h1-22,32-34,42H,23-24H2,(H,37,40)(H,38,43)(H,39,41)/t32-,33+,34+/m0/s1. The number of aliphatic hydroxyl groups is 1. The van der Waals surface area contributed by atoms with Crippen molar-refractivity contribution >= 4 is 23.5 Å². The van der Waals surface area contributed by atoms with Crippen LogP contribution in [0.1, 0.15) is 40.4 Å². The Morgan fingerprint density at radius 1 is 0.750 bits per heavy atom. The zero-order valence-electron chi connectivity index (χ0n) is 23.9. The van der Waals surface area contributed by atoms with E-state index in [2.05, 4.69) is 25.9 Å². The van der Waals surface area contributed by atoms with Crippen LogP contribution >= 0.6 is 0 Å². The smallest absolute Gasteiger partial charge is 0.407 e. The Hall–Kier alpha value is -5.54. The van der Waals surface area contributed by atoms with Crippen molar-refractivity contribution in [3.63, 3.8) is 0 Å². The fourth-order valence-corrected chi connectivity index (χ4v) is 4.92. The fourth-order valence-electron chi connectivity index (χ4n) is 4.92. The molecule has 3 atom stereocenters. The molecule has 44 heavy (non-hydrogen) atoms. The highest BCUT2D eigenvalue weighted by molar-refractivity contribution is 5.94. The number of amides is 2. The Labute approximate surface area is 256 Å². The van der Waals surface area contributed by atoms with Crippen molar-refractivity contribution in [2.75, 3.05) is 17.2 Å². The molecule has 0 bridgehead atoms. The molecule has 5 rings (SSSR count). The molecule has 222 valence electrons. The highest BCUT2D eigenvalue weighted by Gasteiger charge is 2.35. The summed E-state index contributed by atoms with van der Waals surface area (Å²) in [5.74, 6) is -0.448. The molecule has 0 spiro atoms. The summed E-state index contributed by atoms with van der Waals surface area (Å²) in [5, 5.41) is 20.8. The fraction of sp³-hybridized carbons (Fsp3) is 0.143. The molecule has 0 unspecified atom stereocenters. The maximum Gasteiger partial charge on any atom is 0.407 e. The molecular formula is C35H33N5O4. The van der Waals surface area contributed by atoms with Gasteiger partial charge in [-0.25, -0.2) is 9.78 Å². The molecule has 4 N–H and O–H groups in total. The summed E-state index contributed by atoms with van der Waals surface area (Å²) in [4.78, 5) is 34.4. The lowest BCUT2D eigenvalue weighted by Gasteiger charge is -2.33. The topological polar surface area (TPSA) is 125 Å². The van der Waals surface area contributed by atoms with Crippen LogP contribution in [0.25, 0.3) is 0 Å². The molecule has 5 aromatic rings. The zero-order valence-corrected chi connectivity index (χ0v) is 23.9. The number of alkyl carbamates (subject to hydrolysis) is 1. The van der Waals surface area contributed by atoms with Gasteiger partial charge in [0, 0.05) is 23.8 Å². The first kappa shape index (κ1) is 29.9. The number of carbonyl (C=O) groups is 2. The van der Waals surface area contributed by atoms with Crippen molar-refractivity contribution in [1.82, 2.24) is 15.3 Å². The maximum atomic E-state index is 13.0. The number of benzene rings is 3. The quantitative estimate of drug-likeness (QED) is 0.141. The molecule has 3 aromatic carbocycles. The van der Waals surface area contributed by atoms with Crippen LogP contribution in [-0.2, 0) is 16.1 Å². The molecule has 9 nitrogen and oxygen atoms in total. The number of nitrogens with zero attached hydrogens (tertiary/aromatic N) is 2. The van der Waals surface area contributed by atoms with E-state index in [0.717, 1.165) is 11.1 Å². The third kappa shape index (κ3) is 8.05. The lowest BCUT2D eigenvalue weighted by molar-refractivity contribution is -0.115. The molecule has 0 saturated carbocycles. The van der Waals surface area contributed by atoms with Crippen LogP contribution in [0, 0.1) is 0 Å². The molecule has 0 aliphatic heterocycles. The Morgan fingerprint density at radius 2 is 1.41 bits per heavy atom. The number of pyridine rings is 2. The van der Waals surface area contributed by atoms with Crippen molar-refractivity contribution in [3.05, 3.63) is 156 Å². The van der Waals surface area contributed by atoms with E-state index in [1.54, 1.807) is 18.5 Å². The predicted octanol–water partition coefficient (Wildman–Crippen LogP) is 6.01. The van der Waals surface area contributed by atoms with Crippen LogP contribution < -0.4 is 16.0 Å². The van der Waals surface area contributed by atoms with Gasteiger partial charge >= 0.3 is 6.09 Å². The summed E-state index contributed by atoms with van der Waals surface area (Å²) in [6.45, 7) is -0.201. The Balaban J connectivity index is 1.41. The van der Waals surface area contributed by atoms with Crippen LogP contribution in [0.4, 0.5) is 16.3 Å². The number of carbonyl (C=O) groups excluding carboxylic acids is 2. The third-order valence-electron chi connectivity index (χ3n) is 7.01. The molecule has 0 saturated heterocycles. The summed E-state index contributed by atoms with van der Waals surface area (Å²) in [6, 6.07) is 36.5. The first-order valence-corrected chi connectivity index (χ1v) is 14.2. The van der Waals surface area contributed by atoms with Gasteiger partial charge in [-0.2, -0.15) is 0 Å². The number of rotatable bonds is 12. The lowest BCUT2D eigenvalue weighted by atomic mass is 9.82. The second-order valence-corrected chi connectivity index (χ2v) is 10.0. The number of aromatic nitrogens is 2. The van der Waals surface area contributed by atoms with Gasteiger partial charge < -0.3 is 25.8 Å². The number of nitrogens with one attached hydrogen (secondary N) is 3. The SMILES string of the molecule is O=C(CNC(=O)OCc1ccccc1)Nc1ccccc1[C@@H](Nc1ccccn1)[C@H](c1ccccn1)[C@H](O)c1ccccc1. The summed E-state index contributed by atoms with van der Waals surface area (Å²) >= 11 is 0. The van der Waals surface area contributed by atoms with E-state index in [4.69, 9.17) is 4.74 Å². The average Bonchev–Trinajstić information content (AvgIpc) is 3.08. The van der Waals surface area contributed by atoms with E-state index in [1.807, 2.05) is 115 Å². The first-order valence-electron chi connectivity index (χ1n) is 14.2. The van der Waals surface area contributed by atoms with Gasteiger partial charge in [0.1, 0.15) is 19.0 Å². The molecule has 0 aliphatic carbocycles. The molecule has 2 aromatic heterocycles. The highest BCUT2D eigenvalue weighted by Crippen LogP contribution is 2.43. The summed E-state index contributed by atoms with van der Waals surface area (Å²) < 4.78 is 5.22. The van der Waals surface area contributed by atoms with E-state index in [1.165, 1.54) is 0 Å². The number of hydrogen-bond donors (Lipinski definition) is 4. The van der Waals surface area contributed by atoms with E-state index in [9.17, 15) is 14.7 Å². The summed E-state index contributed by atoms with van der Waals surface area (Å²) in [6.07, 6.45) is 1.71. The van der Waals surface area contributed by atoms with Crippen LogP contribution in [0.15, 0.2) is 134 Å². The van der Waals surface area contributed by atoms with Gasteiger partial charge in [-0.1, -0.05) is 91.0 Å². The molecule has 0 fully saturated rings. The van der Waals surface area contributed by atoms with Crippen LogP contribution in [0.3, 0.4) is 0 Å². The van der Waals surface area contributed by atoms with Gasteiger partial charge in [0.15, 0.2) is 0 Å². The van der Waals surface area contributed by atoms with Gasteiger partial charge in [-0.05, 0) is 47.0 Å². The summed E-state index contributed by atoms with van der Waals surface area (Å²) in [5.41, 5.74) is 3.42. The minimum atomic E-state index is -0.961. The van der Waals surface area contributed by atoms with E-state index in [0.29, 0.717) is 22.8 Å². The maximum absolute atomic E-state index is 13.0. The molecule has 2 amide bonds. The molecule has 2 heterocycles. The number of ether oxygens (including phenoxy) is 1. The van der Waals surface area contributed by atoms with E-state index >= 15 is 0 Å². The largest absolute Gasteiger partial charge is 0.445 e. The average molecular weight is 588 g/mol. The molecule has 0 aliphatic rings. The van der Waals surface area contributed by atoms with Crippen LogP contribution in [0.5, 0.6) is 0 Å². The Kier molecular flexibility index (Phi) is 10.3. The molecule has 9 heteroatoms. The highest BCUT2D eigenvalue weighted by atomic mass is 16.5. The Morgan fingerprint density at radius 3 is 2.11 bits per heavy atom. The van der Waals surface area contributed by atoms with Gasteiger partial charge in [0.05, 0.1) is 18.1 Å². The van der Waals surface area contributed by atoms with Crippen molar-refractivity contribution < 1.29 is 19.4 Å². The van der Waals surface area contributed by atoms with Gasteiger partial charge in [-0.15, -0.1) is 0 Å². The summed E-state index contributed by atoms with van der Waals surface area (Å²) in [7, 11) is 0. The minimum Gasteiger partial charge on any atom is -0.445 e. The van der Waals surface area contributed by atoms with Crippen LogP contribution in [0.2, 0.25) is 0 Å². The molecular weight excluding hydrogens is 554 g/mol. The van der Waals surface area contributed by atoms with Crippen molar-refractivity contribution in [3.8, 4) is 0 Å². The number of para-hydroxylation sites is 1. The minimum absolute atomic E-state index is 0.0939. The molecule has 0 radical (unpaired) electrons. The van der Waals surface area contributed by atoms with E-state index in [-0.39, 0.29) is 13.2 Å². The first-order chi connectivity index (χ1) is 21.6. The Bertz CT molecular complexity index is 1620. The van der Waals surface area contributed by atoms with Crippen molar-refractivity contribution in [2.24, 2.45) is 0 Å². The number of hydrogen-bond acceptors (Lipinski definition) is 7. The lowest BCUT2D eigenvalue weighted by Crippen LogP contribution is -2.34. The van der Waals surface area contributed by atoms with Crippen molar-refractivity contribution in [1.29, 1.82) is 0 Å². The zero-order chi connectivity index (χ0) is 30.6. The van der Waals surface area contributed by atoms with Gasteiger partial charge in [-0.3, -0.25) is 9.78 Å². The van der Waals surface area contributed by atoms with Gasteiger partial charge in [0.2, 0.25) is 5.91 Å². The second kappa shape index (κ2) is 15.1.